The molecule has 1 aromatic heterocycles. The summed E-state index contributed by atoms with van der Waals surface area (Å²) in [5.74, 6) is -1.54. The first-order valence-corrected chi connectivity index (χ1v) is 10.1. The number of esters is 1. The number of carbonyl (C=O) groups is 4. The van der Waals surface area contributed by atoms with Gasteiger partial charge in [-0.25, -0.2) is 14.5 Å². The van der Waals surface area contributed by atoms with Crippen molar-refractivity contribution in [3.8, 4) is 11.3 Å². The van der Waals surface area contributed by atoms with Gasteiger partial charge in [-0.3, -0.25) is 14.9 Å². The molecule has 1 aliphatic heterocycles. The van der Waals surface area contributed by atoms with E-state index in [9.17, 15) is 19.2 Å². The average Bonchev–Trinajstić information content (AvgIpc) is 3.26. The maximum absolute atomic E-state index is 13.1. The van der Waals surface area contributed by atoms with Crippen molar-refractivity contribution in [2.24, 2.45) is 0 Å². The third-order valence-corrected chi connectivity index (χ3v) is 5.21. The number of nitrogens with one attached hydrogen (secondary N) is 1. The predicted octanol–water partition coefficient (Wildman–Crippen LogP) is 4.02. The summed E-state index contributed by atoms with van der Waals surface area (Å²) in [7, 11) is 1.28. The summed E-state index contributed by atoms with van der Waals surface area (Å²) >= 11 is 0. The van der Waals surface area contributed by atoms with Crippen LogP contribution in [0.15, 0.2) is 64.6 Å². The molecule has 1 N–H and O–H groups in total. The van der Waals surface area contributed by atoms with Crippen molar-refractivity contribution >= 4 is 35.6 Å². The molecule has 0 unspecified atom stereocenters. The zero-order valence-electron chi connectivity index (χ0n) is 18.2. The Morgan fingerprint density at radius 1 is 1.03 bits per heavy atom. The van der Waals surface area contributed by atoms with Crippen molar-refractivity contribution in [3.05, 3.63) is 82.6 Å². The van der Waals surface area contributed by atoms with Crippen molar-refractivity contribution in [1.29, 1.82) is 0 Å². The van der Waals surface area contributed by atoms with Gasteiger partial charge in [0.2, 0.25) is 0 Å². The highest BCUT2D eigenvalue weighted by Crippen LogP contribution is 2.29. The third-order valence-electron chi connectivity index (χ3n) is 5.21. The minimum Gasteiger partial charge on any atom is -0.465 e. The van der Waals surface area contributed by atoms with E-state index < -0.39 is 23.8 Å². The Kier molecular flexibility index (Phi) is 5.66. The van der Waals surface area contributed by atoms with E-state index in [1.807, 2.05) is 13.0 Å². The van der Waals surface area contributed by atoms with Gasteiger partial charge in [-0.15, -0.1) is 0 Å². The molecule has 2 heterocycles. The Labute approximate surface area is 189 Å². The fourth-order valence-corrected chi connectivity index (χ4v) is 3.64. The average molecular weight is 444 g/mol. The second-order valence-electron chi connectivity index (χ2n) is 7.49. The van der Waals surface area contributed by atoms with E-state index >= 15 is 0 Å². The summed E-state index contributed by atoms with van der Waals surface area (Å²) in [6.07, 6.45) is 1.27. The number of anilines is 1. The fraction of sp³-hybridized carbons (Fsp3) is 0.120. The van der Waals surface area contributed by atoms with Crippen LogP contribution in [0.1, 0.15) is 27.2 Å². The van der Waals surface area contributed by atoms with Crippen LogP contribution in [0.25, 0.3) is 17.4 Å². The molecule has 8 nitrogen and oxygen atoms in total. The van der Waals surface area contributed by atoms with Gasteiger partial charge in [-0.2, -0.15) is 0 Å². The molecule has 0 bridgehead atoms. The van der Waals surface area contributed by atoms with Gasteiger partial charge in [-0.1, -0.05) is 35.9 Å². The molecule has 3 aromatic rings. The molecule has 33 heavy (non-hydrogen) atoms. The number of ether oxygens (including phenoxy) is 1. The molecular weight excluding hydrogens is 424 g/mol. The molecule has 0 aliphatic carbocycles. The second-order valence-corrected chi connectivity index (χ2v) is 7.49. The summed E-state index contributed by atoms with van der Waals surface area (Å²) in [5, 5.41) is 2.20. The Morgan fingerprint density at radius 2 is 1.79 bits per heavy atom. The molecule has 8 heteroatoms. The highest BCUT2D eigenvalue weighted by molar-refractivity contribution is 6.39. The van der Waals surface area contributed by atoms with Gasteiger partial charge in [0.1, 0.15) is 17.1 Å². The number of methoxy groups -OCH3 is 1. The van der Waals surface area contributed by atoms with E-state index in [1.165, 1.54) is 13.2 Å². The standard InChI is InChI=1S/C25H20N2O6/c1-14-8-10-20(15(2)12-14)27-23(29)19(22(28)26-25(27)31)13-16-9-11-21(33-16)17-6-4-5-7-18(17)24(30)32-3/h4-13H,1-3H3,(H,26,28,31)/b19-13+. The Bertz CT molecular complexity index is 1330. The van der Waals surface area contributed by atoms with Gasteiger partial charge in [0, 0.05) is 5.56 Å². The molecule has 166 valence electrons. The van der Waals surface area contributed by atoms with Gasteiger partial charge in [0.15, 0.2) is 0 Å². The van der Waals surface area contributed by atoms with E-state index in [4.69, 9.17) is 9.15 Å². The summed E-state index contributed by atoms with van der Waals surface area (Å²) in [6.45, 7) is 3.68. The number of benzene rings is 2. The van der Waals surface area contributed by atoms with E-state index in [2.05, 4.69) is 5.32 Å². The monoisotopic (exact) mass is 444 g/mol. The third kappa shape index (κ3) is 4.06. The highest BCUT2D eigenvalue weighted by atomic mass is 16.5. The summed E-state index contributed by atoms with van der Waals surface area (Å²) in [6, 6.07) is 14.4. The van der Waals surface area contributed by atoms with Crippen LogP contribution in [-0.2, 0) is 14.3 Å². The molecule has 0 spiro atoms. The second kappa shape index (κ2) is 8.58. The molecule has 4 amide bonds. The van der Waals surface area contributed by atoms with Crippen LogP contribution in [0.2, 0.25) is 0 Å². The van der Waals surface area contributed by atoms with E-state index in [-0.39, 0.29) is 11.3 Å². The largest absolute Gasteiger partial charge is 0.465 e. The lowest BCUT2D eigenvalue weighted by Crippen LogP contribution is -2.54. The lowest BCUT2D eigenvalue weighted by Gasteiger charge is -2.27. The SMILES string of the molecule is COC(=O)c1ccccc1-c1ccc(/C=C2\C(=O)NC(=O)N(c3ccc(C)cc3C)C2=O)o1. The lowest BCUT2D eigenvalue weighted by atomic mass is 10.1. The van der Waals surface area contributed by atoms with Crippen LogP contribution in [0, 0.1) is 13.8 Å². The molecule has 1 saturated heterocycles. The van der Waals surface area contributed by atoms with Crippen molar-refractivity contribution in [1.82, 2.24) is 5.32 Å². The van der Waals surface area contributed by atoms with Crippen LogP contribution < -0.4 is 10.2 Å². The Balaban J connectivity index is 1.71. The van der Waals surface area contributed by atoms with Crippen LogP contribution in [0.4, 0.5) is 10.5 Å². The molecule has 4 rings (SSSR count). The maximum Gasteiger partial charge on any atom is 0.338 e. The Morgan fingerprint density at radius 3 is 2.52 bits per heavy atom. The van der Waals surface area contributed by atoms with Crippen molar-refractivity contribution in [2.45, 2.75) is 13.8 Å². The Hall–Kier alpha value is -4.46. The van der Waals surface area contributed by atoms with E-state index in [0.29, 0.717) is 28.1 Å². The number of barbiturate groups is 1. The number of nitrogens with zero attached hydrogens (tertiary/aromatic N) is 1. The molecule has 1 aliphatic rings. The molecule has 0 saturated carbocycles. The van der Waals surface area contributed by atoms with E-state index in [1.54, 1.807) is 55.5 Å². The number of aryl methyl sites for hydroxylation is 2. The van der Waals surface area contributed by atoms with Gasteiger partial charge < -0.3 is 9.15 Å². The number of furan rings is 1. The topological polar surface area (TPSA) is 106 Å². The summed E-state index contributed by atoms with van der Waals surface area (Å²) < 4.78 is 10.6. The van der Waals surface area contributed by atoms with E-state index in [0.717, 1.165) is 10.5 Å². The number of urea groups is 1. The maximum atomic E-state index is 13.1. The molecule has 2 aromatic carbocycles. The van der Waals surface area contributed by atoms with Crippen LogP contribution in [-0.4, -0.2) is 30.9 Å². The van der Waals surface area contributed by atoms with Gasteiger partial charge in [0.25, 0.3) is 11.8 Å². The first kappa shape index (κ1) is 21.8. The first-order chi connectivity index (χ1) is 15.8. The van der Waals surface area contributed by atoms with Crippen LogP contribution in [0.5, 0.6) is 0 Å². The quantitative estimate of drug-likeness (QED) is 0.370. The zero-order chi connectivity index (χ0) is 23.7. The van der Waals surface area contributed by atoms with Crippen molar-refractivity contribution in [3.63, 3.8) is 0 Å². The predicted molar refractivity (Wildman–Crippen MR) is 120 cm³/mol. The smallest absolute Gasteiger partial charge is 0.338 e. The molecular formula is C25H20N2O6. The number of imide groups is 2. The number of rotatable bonds is 4. The van der Waals surface area contributed by atoms with Gasteiger partial charge in [0.05, 0.1) is 18.4 Å². The van der Waals surface area contributed by atoms with Crippen molar-refractivity contribution in [2.75, 3.05) is 12.0 Å². The minimum absolute atomic E-state index is 0.207. The number of carbonyl (C=O) groups excluding carboxylic acids is 4. The molecule has 1 fully saturated rings. The van der Waals surface area contributed by atoms with Gasteiger partial charge >= 0.3 is 12.0 Å². The summed E-state index contributed by atoms with van der Waals surface area (Å²) in [4.78, 5) is 51.0. The number of hydrogen-bond donors (Lipinski definition) is 1. The van der Waals surface area contributed by atoms with Crippen LogP contribution >= 0.6 is 0 Å². The number of amides is 4. The summed E-state index contributed by atoms with van der Waals surface area (Å²) in [5.41, 5.74) is 2.63. The number of hydrogen-bond acceptors (Lipinski definition) is 6. The molecule has 0 atom stereocenters. The first-order valence-electron chi connectivity index (χ1n) is 10.1. The van der Waals surface area contributed by atoms with Crippen LogP contribution in [0.3, 0.4) is 0 Å². The minimum atomic E-state index is -0.820. The van der Waals surface area contributed by atoms with Crippen molar-refractivity contribution < 1.29 is 28.3 Å². The molecule has 0 radical (unpaired) electrons. The fourth-order valence-electron chi connectivity index (χ4n) is 3.64. The highest BCUT2D eigenvalue weighted by Gasteiger charge is 2.37. The lowest BCUT2D eigenvalue weighted by molar-refractivity contribution is -0.122. The zero-order valence-corrected chi connectivity index (χ0v) is 18.2. The normalized spacial score (nSPS) is 15.1. The van der Waals surface area contributed by atoms with Gasteiger partial charge in [-0.05, 0) is 49.8 Å².